The molecule has 0 unspecified atom stereocenters. The monoisotopic (exact) mass is 447 g/mol. The molecule has 1 fully saturated rings. The lowest BCUT2D eigenvalue weighted by molar-refractivity contribution is -0.135. The molecule has 9 heteroatoms. The molecule has 2 aliphatic rings. The summed E-state index contributed by atoms with van der Waals surface area (Å²) in [6, 6.07) is 10.5. The molecule has 1 atom stereocenters. The fraction of sp³-hybridized carbons (Fsp3) is 0.211. The Hall–Kier alpha value is -2.94. The number of imide groups is 1. The van der Waals surface area contributed by atoms with Crippen molar-refractivity contribution in [2.24, 2.45) is 0 Å². The van der Waals surface area contributed by atoms with E-state index in [1.165, 1.54) is 12.1 Å². The molecule has 0 bridgehead atoms. The third-order valence-electron chi connectivity index (χ3n) is 4.76. The number of rotatable bonds is 3. The van der Waals surface area contributed by atoms with Crippen LogP contribution < -0.4 is 15.4 Å². The number of hydrogen-bond acceptors (Lipinski definition) is 4. The van der Waals surface area contributed by atoms with Gasteiger partial charge in [0.1, 0.15) is 18.1 Å². The number of urea groups is 1. The normalized spacial score (nSPS) is 20.6. The Kier molecular flexibility index (Phi) is 4.54. The topological polar surface area (TPSA) is 87.7 Å². The van der Waals surface area contributed by atoms with E-state index in [-0.39, 0.29) is 18.7 Å². The summed E-state index contributed by atoms with van der Waals surface area (Å²) in [6.07, 6.45) is 0.258. The van der Waals surface area contributed by atoms with Crippen LogP contribution in [0.1, 0.15) is 12.0 Å². The molecule has 0 aromatic heterocycles. The second-order valence-corrected chi connectivity index (χ2v) is 7.41. The SMILES string of the molecule is O=C(CN1C(=O)N[C@]2(CCOc3ccccc32)C1=O)Nc1ccc(Br)cc1F. The summed E-state index contributed by atoms with van der Waals surface area (Å²) in [6.45, 7) is -0.266. The number of carbonyl (C=O) groups excluding carboxylic acids is 3. The second-order valence-electron chi connectivity index (χ2n) is 6.49. The lowest BCUT2D eigenvalue weighted by atomic mass is 9.84. The quantitative estimate of drug-likeness (QED) is 0.708. The van der Waals surface area contributed by atoms with Gasteiger partial charge in [0.15, 0.2) is 5.54 Å². The van der Waals surface area contributed by atoms with Crippen LogP contribution in [0.15, 0.2) is 46.9 Å². The predicted molar refractivity (Wildman–Crippen MR) is 101 cm³/mol. The number of fused-ring (bicyclic) bond motifs is 2. The minimum absolute atomic E-state index is 0.0358. The van der Waals surface area contributed by atoms with Crippen LogP contribution in [0.5, 0.6) is 5.75 Å². The summed E-state index contributed by atoms with van der Waals surface area (Å²) in [5.74, 6) is -1.32. The first kappa shape index (κ1) is 18.4. The van der Waals surface area contributed by atoms with E-state index in [0.717, 1.165) is 4.90 Å². The second kappa shape index (κ2) is 6.90. The number of para-hydroxylation sites is 1. The predicted octanol–water partition coefficient (Wildman–Crippen LogP) is 2.76. The maximum absolute atomic E-state index is 13.9. The number of hydrogen-bond donors (Lipinski definition) is 2. The fourth-order valence-corrected chi connectivity index (χ4v) is 3.77. The third-order valence-corrected chi connectivity index (χ3v) is 5.26. The van der Waals surface area contributed by atoms with Gasteiger partial charge in [-0.3, -0.25) is 14.5 Å². The van der Waals surface area contributed by atoms with Gasteiger partial charge in [0, 0.05) is 16.5 Å². The van der Waals surface area contributed by atoms with E-state index in [1.807, 2.05) is 0 Å². The highest BCUT2D eigenvalue weighted by Crippen LogP contribution is 2.40. The smallest absolute Gasteiger partial charge is 0.325 e. The molecule has 4 amide bonds. The molecule has 0 radical (unpaired) electrons. The van der Waals surface area contributed by atoms with Crippen LogP contribution in [0.2, 0.25) is 0 Å². The number of anilines is 1. The molecule has 7 nitrogen and oxygen atoms in total. The average Bonchev–Trinajstić information content (AvgIpc) is 2.89. The maximum Gasteiger partial charge on any atom is 0.325 e. The first-order valence-electron chi connectivity index (χ1n) is 8.52. The summed E-state index contributed by atoms with van der Waals surface area (Å²) in [5.41, 5.74) is -0.734. The van der Waals surface area contributed by atoms with E-state index in [2.05, 4.69) is 26.6 Å². The zero-order valence-electron chi connectivity index (χ0n) is 14.5. The van der Waals surface area contributed by atoms with Gasteiger partial charge in [-0.2, -0.15) is 0 Å². The van der Waals surface area contributed by atoms with Crippen molar-refractivity contribution >= 4 is 39.5 Å². The Bertz CT molecular complexity index is 999. The van der Waals surface area contributed by atoms with Gasteiger partial charge in [0.25, 0.3) is 5.91 Å². The van der Waals surface area contributed by atoms with Gasteiger partial charge in [-0.05, 0) is 24.3 Å². The molecule has 0 saturated carbocycles. The van der Waals surface area contributed by atoms with E-state index < -0.39 is 35.7 Å². The zero-order valence-corrected chi connectivity index (χ0v) is 16.1. The maximum atomic E-state index is 13.9. The van der Waals surface area contributed by atoms with E-state index in [0.29, 0.717) is 15.8 Å². The van der Waals surface area contributed by atoms with Crippen molar-refractivity contribution in [2.45, 2.75) is 12.0 Å². The zero-order chi connectivity index (χ0) is 19.9. The van der Waals surface area contributed by atoms with Crippen molar-refractivity contribution in [1.29, 1.82) is 0 Å². The summed E-state index contributed by atoms with van der Waals surface area (Å²) in [4.78, 5) is 38.7. The lowest BCUT2D eigenvalue weighted by Crippen LogP contribution is -2.48. The van der Waals surface area contributed by atoms with Gasteiger partial charge in [-0.1, -0.05) is 34.1 Å². The number of carbonyl (C=O) groups is 3. The lowest BCUT2D eigenvalue weighted by Gasteiger charge is -2.33. The highest BCUT2D eigenvalue weighted by atomic mass is 79.9. The van der Waals surface area contributed by atoms with E-state index in [1.54, 1.807) is 30.3 Å². The molecular weight excluding hydrogens is 433 g/mol. The molecule has 2 aromatic carbocycles. The Morgan fingerprint density at radius 2 is 2.07 bits per heavy atom. The van der Waals surface area contributed by atoms with Crippen LogP contribution in [0.4, 0.5) is 14.9 Å². The van der Waals surface area contributed by atoms with Gasteiger partial charge in [-0.25, -0.2) is 9.18 Å². The summed E-state index contributed by atoms with van der Waals surface area (Å²) < 4.78 is 20.0. The van der Waals surface area contributed by atoms with Crippen LogP contribution in [-0.2, 0) is 15.1 Å². The molecule has 1 spiro atoms. The van der Waals surface area contributed by atoms with Crippen molar-refractivity contribution in [2.75, 3.05) is 18.5 Å². The standard InChI is InChI=1S/C19H15BrFN3O4/c20-11-5-6-14(13(21)9-11)22-16(25)10-24-17(26)19(23-18(24)27)7-8-28-15-4-2-1-3-12(15)19/h1-6,9H,7-8,10H2,(H,22,25)(H,23,27)/t19-/m0/s1. The van der Waals surface area contributed by atoms with Crippen LogP contribution in [0, 0.1) is 5.82 Å². The molecule has 2 aromatic rings. The average molecular weight is 448 g/mol. The Labute approximate surface area is 168 Å². The first-order chi connectivity index (χ1) is 13.4. The van der Waals surface area contributed by atoms with Gasteiger partial charge in [-0.15, -0.1) is 0 Å². The van der Waals surface area contributed by atoms with Crippen molar-refractivity contribution < 1.29 is 23.5 Å². The van der Waals surface area contributed by atoms with Crippen LogP contribution in [0.25, 0.3) is 0 Å². The number of halogens is 2. The molecule has 28 heavy (non-hydrogen) atoms. The van der Waals surface area contributed by atoms with Crippen LogP contribution in [-0.4, -0.2) is 35.9 Å². The highest BCUT2D eigenvalue weighted by molar-refractivity contribution is 9.10. The molecule has 1 saturated heterocycles. The van der Waals surface area contributed by atoms with E-state index >= 15 is 0 Å². The largest absolute Gasteiger partial charge is 0.493 e. The minimum Gasteiger partial charge on any atom is -0.493 e. The number of benzene rings is 2. The summed E-state index contributed by atoms with van der Waals surface area (Å²) in [7, 11) is 0. The first-order valence-corrected chi connectivity index (χ1v) is 9.31. The summed E-state index contributed by atoms with van der Waals surface area (Å²) in [5, 5.41) is 5.09. The van der Waals surface area contributed by atoms with E-state index in [9.17, 15) is 18.8 Å². The van der Waals surface area contributed by atoms with E-state index in [4.69, 9.17) is 4.74 Å². The van der Waals surface area contributed by atoms with Crippen molar-refractivity contribution in [3.05, 3.63) is 58.3 Å². The van der Waals surface area contributed by atoms with Gasteiger partial charge in [0.05, 0.1) is 12.3 Å². The Morgan fingerprint density at radius 3 is 2.86 bits per heavy atom. The van der Waals surface area contributed by atoms with Crippen molar-refractivity contribution in [3.8, 4) is 5.75 Å². The fourth-order valence-electron chi connectivity index (χ4n) is 3.44. The molecule has 144 valence electrons. The van der Waals surface area contributed by atoms with Crippen molar-refractivity contribution in [1.82, 2.24) is 10.2 Å². The van der Waals surface area contributed by atoms with Gasteiger partial charge >= 0.3 is 6.03 Å². The molecule has 2 heterocycles. The number of ether oxygens (including phenoxy) is 1. The number of amides is 4. The molecule has 4 rings (SSSR count). The van der Waals surface area contributed by atoms with Gasteiger partial charge in [0.2, 0.25) is 5.91 Å². The Morgan fingerprint density at radius 1 is 1.29 bits per heavy atom. The minimum atomic E-state index is -1.25. The Balaban J connectivity index is 1.55. The summed E-state index contributed by atoms with van der Waals surface area (Å²) >= 11 is 3.13. The molecular formula is C19H15BrFN3O4. The van der Waals surface area contributed by atoms with Crippen molar-refractivity contribution in [3.63, 3.8) is 0 Å². The molecule has 2 aliphatic heterocycles. The molecule has 0 aliphatic carbocycles. The van der Waals surface area contributed by atoms with Crippen LogP contribution in [0.3, 0.4) is 0 Å². The number of nitrogens with one attached hydrogen (secondary N) is 2. The van der Waals surface area contributed by atoms with Crippen LogP contribution >= 0.6 is 15.9 Å². The van der Waals surface area contributed by atoms with Gasteiger partial charge < -0.3 is 15.4 Å². The number of nitrogens with zero attached hydrogens (tertiary/aromatic N) is 1. The third kappa shape index (κ3) is 3.01. The highest BCUT2D eigenvalue weighted by Gasteiger charge is 2.55. The molecule has 2 N–H and O–H groups in total.